The quantitative estimate of drug-likeness (QED) is 0.316. The lowest BCUT2D eigenvalue weighted by Crippen LogP contribution is -2.46. The van der Waals surface area contributed by atoms with Crippen LogP contribution in [0.5, 0.6) is 0 Å². The Morgan fingerprint density at radius 2 is 1.45 bits per heavy atom. The van der Waals surface area contributed by atoms with Crippen molar-refractivity contribution in [2.24, 2.45) is 4.99 Å². The van der Waals surface area contributed by atoms with Crippen molar-refractivity contribution in [3.05, 3.63) is 88.9 Å². The molecule has 4 heteroatoms. The molecular formula is C25H22BrN3. The molecule has 0 saturated carbocycles. The van der Waals surface area contributed by atoms with Crippen LogP contribution >= 0.6 is 15.9 Å². The topological polar surface area (TPSA) is 27.6 Å². The van der Waals surface area contributed by atoms with Crippen molar-refractivity contribution >= 4 is 49.0 Å². The van der Waals surface area contributed by atoms with Crippen LogP contribution in [0.3, 0.4) is 0 Å². The molecule has 0 bridgehead atoms. The smallest absolute Gasteiger partial charge is 0.137 e. The van der Waals surface area contributed by atoms with E-state index < -0.39 is 0 Å². The largest absolute Gasteiger partial charge is 0.354 e. The number of hydrogen-bond donors (Lipinski definition) is 1. The summed E-state index contributed by atoms with van der Waals surface area (Å²) in [5.41, 5.74) is 2.20. The number of benzene rings is 4. The fourth-order valence-electron chi connectivity index (χ4n) is 4.06. The van der Waals surface area contributed by atoms with E-state index in [1.54, 1.807) is 0 Å². The molecule has 4 aromatic carbocycles. The van der Waals surface area contributed by atoms with E-state index in [0.29, 0.717) is 0 Å². The molecule has 1 heterocycles. The molecule has 1 aliphatic rings. The lowest BCUT2D eigenvalue weighted by molar-refractivity contribution is 0.358. The van der Waals surface area contributed by atoms with Crippen LogP contribution in [-0.2, 0) is 0 Å². The normalized spacial score (nSPS) is 15.2. The number of aliphatic imine (C=N–C) groups is 1. The Kier molecular flexibility index (Phi) is 5.04. The monoisotopic (exact) mass is 443 g/mol. The maximum atomic E-state index is 5.27. The zero-order valence-electron chi connectivity index (χ0n) is 16.1. The number of fused-ring (bicyclic) bond motifs is 2. The van der Waals surface area contributed by atoms with E-state index in [0.717, 1.165) is 47.6 Å². The number of piperazine rings is 1. The molecule has 0 atom stereocenters. The predicted octanol–water partition coefficient (Wildman–Crippen LogP) is 5.74. The Morgan fingerprint density at radius 1 is 0.759 bits per heavy atom. The molecule has 5 rings (SSSR count). The third kappa shape index (κ3) is 3.54. The van der Waals surface area contributed by atoms with Gasteiger partial charge in [0.05, 0.1) is 5.69 Å². The van der Waals surface area contributed by atoms with Crippen LogP contribution in [0.15, 0.2) is 88.3 Å². The molecule has 0 radical (unpaired) electrons. The van der Waals surface area contributed by atoms with Gasteiger partial charge in [-0.2, -0.15) is 0 Å². The number of nitrogens with zero attached hydrogens (tertiary/aromatic N) is 2. The van der Waals surface area contributed by atoms with Crippen LogP contribution in [0.1, 0.15) is 5.56 Å². The average molecular weight is 444 g/mol. The molecular weight excluding hydrogens is 422 g/mol. The molecule has 1 saturated heterocycles. The van der Waals surface area contributed by atoms with E-state index >= 15 is 0 Å². The Morgan fingerprint density at radius 3 is 2.28 bits per heavy atom. The first kappa shape index (κ1) is 18.3. The van der Waals surface area contributed by atoms with Crippen molar-refractivity contribution in [1.29, 1.82) is 0 Å². The molecule has 0 amide bonds. The fraction of sp³-hybridized carbons (Fsp3) is 0.160. The van der Waals surface area contributed by atoms with Gasteiger partial charge in [-0.05, 0) is 28.3 Å². The first-order valence-corrected chi connectivity index (χ1v) is 10.8. The number of halogens is 1. The summed E-state index contributed by atoms with van der Waals surface area (Å²) < 4.78 is 1.10. The summed E-state index contributed by atoms with van der Waals surface area (Å²) in [5, 5.41) is 8.29. The Bertz CT molecular complexity index is 1200. The van der Waals surface area contributed by atoms with Crippen molar-refractivity contribution in [2.75, 3.05) is 26.2 Å². The van der Waals surface area contributed by atoms with Crippen LogP contribution in [0, 0.1) is 0 Å². The van der Waals surface area contributed by atoms with Gasteiger partial charge in [0.2, 0.25) is 0 Å². The van der Waals surface area contributed by atoms with E-state index in [4.69, 9.17) is 4.99 Å². The summed E-state index contributed by atoms with van der Waals surface area (Å²) in [7, 11) is 0. The number of hydrogen-bond acceptors (Lipinski definition) is 2. The summed E-state index contributed by atoms with van der Waals surface area (Å²) in [4.78, 5) is 7.68. The first-order chi connectivity index (χ1) is 14.3. The maximum Gasteiger partial charge on any atom is 0.137 e. The highest BCUT2D eigenvalue weighted by atomic mass is 79.9. The molecule has 0 aromatic heterocycles. The third-order valence-corrected chi connectivity index (χ3v) is 6.21. The van der Waals surface area contributed by atoms with E-state index in [1.807, 2.05) is 0 Å². The second-order valence-electron chi connectivity index (χ2n) is 7.31. The Hall–Kier alpha value is -2.69. The van der Waals surface area contributed by atoms with Gasteiger partial charge in [0.25, 0.3) is 0 Å². The Labute approximate surface area is 179 Å². The van der Waals surface area contributed by atoms with Crippen LogP contribution in [0.25, 0.3) is 21.5 Å². The van der Waals surface area contributed by atoms with Gasteiger partial charge < -0.3 is 10.2 Å². The molecule has 0 unspecified atom stereocenters. The predicted molar refractivity (Wildman–Crippen MR) is 126 cm³/mol. The summed E-state index contributed by atoms with van der Waals surface area (Å²) >= 11 is 3.68. The summed E-state index contributed by atoms with van der Waals surface area (Å²) in [6, 6.07) is 27.7. The highest BCUT2D eigenvalue weighted by Crippen LogP contribution is 2.33. The van der Waals surface area contributed by atoms with E-state index in [9.17, 15) is 0 Å². The van der Waals surface area contributed by atoms with Crippen molar-refractivity contribution in [1.82, 2.24) is 10.2 Å². The van der Waals surface area contributed by atoms with Gasteiger partial charge in [-0.25, -0.2) is 4.99 Å². The summed E-state index contributed by atoms with van der Waals surface area (Å²) in [6.07, 6.45) is 0. The number of amidine groups is 1. The van der Waals surface area contributed by atoms with Gasteiger partial charge in [0.1, 0.15) is 5.84 Å². The molecule has 29 heavy (non-hydrogen) atoms. The summed E-state index contributed by atoms with van der Waals surface area (Å²) in [6.45, 7) is 3.86. The van der Waals surface area contributed by atoms with E-state index in [2.05, 4.69) is 105 Å². The molecule has 4 aromatic rings. The molecule has 0 aliphatic carbocycles. The van der Waals surface area contributed by atoms with Crippen LogP contribution in [-0.4, -0.2) is 36.9 Å². The number of nitrogens with one attached hydrogen (secondary N) is 1. The van der Waals surface area contributed by atoms with E-state index in [-0.39, 0.29) is 0 Å². The molecule has 1 fully saturated rings. The van der Waals surface area contributed by atoms with Gasteiger partial charge in [-0.3, -0.25) is 0 Å². The van der Waals surface area contributed by atoms with E-state index in [1.165, 1.54) is 21.7 Å². The number of rotatable bonds is 2. The molecule has 144 valence electrons. The third-order valence-electron chi connectivity index (χ3n) is 5.52. The molecule has 1 aliphatic heterocycles. The van der Waals surface area contributed by atoms with Crippen molar-refractivity contribution in [3.8, 4) is 0 Å². The van der Waals surface area contributed by atoms with Gasteiger partial charge in [0, 0.05) is 41.6 Å². The minimum Gasteiger partial charge on any atom is -0.354 e. The second-order valence-corrected chi connectivity index (χ2v) is 8.17. The maximum absolute atomic E-state index is 5.27. The van der Waals surface area contributed by atoms with Crippen molar-refractivity contribution < 1.29 is 0 Å². The average Bonchev–Trinajstić information content (AvgIpc) is 2.79. The van der Waals surface area contributed by atoms with Crippen LogP contribution in [0.2, 0.25) is 0 Å². The minimum absolute atomic E-state index is 0.955. The Balaban J connectivity index is 1.74. The van der Waals surface area contributed by atoms with Crippen LogP contribution < -0.4 is 5.32 Å². The molecule has 3 nitrogen and oxygen atoms in total. The zero-order chi connectivity index (χ0) is 19.6. The lowest BCUT2D eigenvalue weighted by atomic mass is 10.0. The van der Waals surface area contributed by atoms with Crippen molar-refractivity contribution in [3.63, 3.8) is 0 Å². The molecule has 1 N–H and O–H groups in total. The molecule has 0 spiro atoms. The first-order valence-electron chi connectivity index (χ1n) is 10.0. The van der Waals surface area contributed by atoms with Gasteiger partial charge in [-0.15, -0.1) is 0 Å². The van der Waals surface area contributed by atoms with Gasteiger partial charge in [-0.1, -0.05) is 82.7 Å². The highest BCUT2D eigenvalue weighted by Gasteiger charge is 2.19. The fourth-order valence-corrected chi connectivity index (χ4v) is 4.53. The SMILES string of the molecule is Brc1ccc(N=C(c2cccc3ccccc23)N2CCNCC2)c2ccccc12. The standard InChI is InChI=1S/C25H22BrN3/c26-23-12-13-24(21-10-4-3-9-20(21)23)28-25(29-16-14-27-15-17-29)22-11-5-7-18-6-1-2-8-19(18)22/h1-13,27H,14-17H2. The zero-order valence-corrected chi connectivity index (χ0v) is 17.7. The lowest BCUT2D eigenvalue weighted by Gasteiger charge is -2.31. The summed E-state index contributed by atoms with van der Waals surface area (Å²) in [5.74, 6) is 1.05. The second kappa shape index (κ2) is 7.97. The van der Waals surface area contributed by atoms with Gasteiger partial charge >= 0.3 is 0 Å². The van der Waals surface area contributed by atoms with Crippen molar-refractivity contribution in [2.45, 2.75) is 0 Å². The highest BCUT2D eigenvalue weighted by molar-refractivity contribution is 9.10. The van der Waals surface area contributed by atoms with Crippen LogP contribution in [0.4, 0.5) is 5.69 Å². The minimum atomic E-state index is 0.955. The van der Waals surface area contributed by atoms with Gasteiger partial charge in [0.15, 0.2) is 0 Å².